The number of likely N-dealkylation sites (N-methyl/N-ethyl adjacent to an activating group) is 1. The number of hydrogen-bond acceptors (Lipinski definition) is 4. The first-order chi connectivity index (χ1) is 14.0. The molecule has 5 heteroatoms. The van der Waals surface area contributed by atoms with Crippen molar-refractivity contribution in [2.75, 3.05) is 42.9 Å². The van der Waals surface area contributed by atoms with Crippen molar-refractivity contribution in [1.29, 1.82) is 0 Å². The van der Waals surface area contributed by atoms with Gasteiger partial charge in [0.15, 0.2) is 0 Å². The molecule has 0 amide bonds. The van der Waals surface area contributed by atoms with Crippen LogP contribution < -0.4 is 15.8 Å². The Bertz CT molecular complexity index is 1050. The molecule has 29 heavy (non-hydrogen) atoms. The zero-order valence-electron chi connectivity index (χ0n) is 17.6. The number of fused-ring (bicyclic) bond motifs is 1. The number of nitrogens with one attached hydrogen (secondary N) is 2. The second-order valence-electron chi connectivity index (χ2n) is 7.92. The zero-order valence-corrected chi connectivity index (χ0v) is 17.6. The Hall–Kier alpha value is -2.79. The maximum absolute atomic E-state index is 12.5. The molecule has 0 radical (unpaired) electrons. The van der Waals surface area contributed by atoms with E-state index in [1.807, 2.05) is 6.07 Å². The molecule has 0 atom stereocenters. The molecule has 2 heterocycles. The Kier molecular flexibility index (Phi) is 5.58. The van der Waals surface area contributed by atoms with Gasteiger partial charge in [0.25, 0.3) is 5.56 Å². The van der Waals surface area contributed by atoms with Crippen LogP contribution in [0.25, 0.3) is 10.9 Å². The van der Waals surface area contributed by atoms with Gasteiger partial charge in [-0.1, -0.05) is 19.1 Å². The number of aromatic amines is 1. The Balaban J connectivity index is 1.43. The molecule has 0 aliphatic carbocycles. The molecule has 2 N–H and O–H groups in total. The number of H-pyrrole nitrogens is 1. The maximum Gasteiger partial charge on any atom is 0.253 e. The molecule has 1 fully saturated rings. The number of pyridine rings is 1. The van der Waals surface area contributed by atoms with Gasteiger partial charge in [0.1, 0.15) is 0 Å². The molecule has 0 bridgehead atoms. The highest BCUT2D eigenvalue weighted by Gasteiger charge is 2.15. The summed E-state index contributed by atoms with van der Waals surface area (Å²) >= 11 is 0. The minimum absolute atomic E-state index is 0.0240. The minimum Gasteiger partial charge on any atom is -0.381 e. The number of aromatic nitrogens is 1. The summed E-state index contributed by atoms with van der Waals surface area (Å²) in [4.78, 5) is 20.5. The van der Waals surface area contributed by atoms with Crippen molar-refractivity contribution in [2.45, 2.75) is 27.3 Å². The number of aryl methyl sites for hydroxylation is 2. The standard InChI is InChI=1S/C24H30N4O/c1-4-27-11-13-28(14-12-27)22-9-7-21(8-10-22)25-16-20-15-19-6-5-17(2)18(3)23(19)26-24(20)29/h5-10,15,25H,4,11-14,16H2,1-3H3,(H,26,29). The molecule has 2 aromatic carbocycles. The summed E-state index contributed by atoms with van der Waals surface area (Å²) in [6.07, 6.45) is 0. The number of nitrogens with zero attached hydrogens (tertiary/aromatic N) is 2. The van der Waals surface area contributed by atoms with Crippen LogP contribution in [0.1, 0.15) is 23.6 Å². The first kappa shape index (κ1) is 19.5. The summed E-state index contributed by atoms with van der Waals surface area (Å²) in [7, 11) is 0. The van der Waals surface area contributed by atoms with Crippen molar-refractivity contribution in [1.82, 2.24) is 9.88 Å². The van der Waals surface area contributed by atoms with E-state index in [1.165, 1.54) is 11.3 Å². The number of hydrogen-bond donors (Lipinski definition) is 2. The average Bonchev–Trinajstić information content (AvgIpc) is 2.76. The number of anilines is 2. The van der Waals surface area contributed by atoms with E-state index < -0.39 is 0 Å². The number of rotatable bonds is 5. The molecule has 4 rings (SSSR count). The predicted molar refractivity (Wildman–Crippen MR) is 122 cm³/mol. The normalized spacial score (nSPS) is 15.1. The minimum atomic E-state index is -0.0240. The molecule has 1 saturated heterocycles. The second-order valence-corrected chi connectivity index (χ2v) is 7.92. The van der Waals surface area contributed by atoms with Gasteiger partial charge in [0.2, 0.25) is 0 Å². The van der Waals surface area contributed by atoms with Crippen molar-refractivity contribution in [3.63, 3.8) is 0 Å². The third kappa shape index (κ3) is 4.15. The average molecular weight is 391 g/mol. The molecular formula is C24H30N4O. The lowest BCUT2D eigenvalue weighted by Gasteiger charge is -2.35. The third-order valence-electron chi connectivity index (χ3n) is 6.16. The molecule has 1 aromatic heterocycles. The fourth-order valence-electron chi connectivity index (χ4n) is 4.01. The molecule has 0 saturated carbocycles. The van der Waals surface area contributed by atoms with Gasteiger partial charge < -0.3 is 20.1 Å². The molecule has 152 valence electrons. The van der Waals surface area contributed by atoms with E-state index in [0.717, 1.165) is 60.4 Å². The van der Waals surface area contributed by atoms with Gasteiger partial charge in [-0.25, -0.2) is 0 Å². The summed E-state index contributed by atoms with van der Waals surface area (Å²) in [5.41, 5.74) is 6.28. The topological polar surface area (TPSA) is 51.4 Å². The van der Waals surface area contributed by atoms with Gasteiger partial charge in [0, 0.05) is 49.7 Å². The highest BCUT2D eigenvalue weighted by molar-refractivity contribution is 5.83. The zero-order chi connectivity index (χ0) is 20.4. The van der Waals surface area contributed by atoms with Crippen LogP contribution >= 0.6 is 0 Å². The van der Waals surface area contributed by atoms with E-state index in [2.05, 4.69) is 77.3 Å². The van der Waals surface area contributed by atoms with E-state index in [-0.39, 0.29) is 5.56 Å². The smallest absolute Gasteiger partial charge is 0.253 e. The van der Waals surface area contributed by atoms with Crippen LogP contribution in [-0.2, 0) is 6.54 Å². The van der Waals surface area contributed by atoms with Crippen LogP contribution in [0.15, 0.2) is 47.3 Å². The van der Waals surface area contributed by atoms with Crippen LogP contribution in [0.2, 0.25) is 0 Å². The van der Waals surface area contributed by atoms with Gasteiger partial charge in [-0.3, -0.25) is 4.79 Å². The summed E-state index contributed by atoms with van der Waals surface area (Å²) in [6.45, 7) is 12.4. The molecule has 5 nitrogen and oxygen atoms in total. The highest BCUT2D eigenvalue weighted by Crippen LogP contribution is 2.21. The van der Waals surface area contributed by atoms with Gasteiger partial charge in [-0.05, 0) is 67.2 Å². The molecule has 0 unspecified atom stereocenters. The monoisotopic (exact) mass is 390 g/mol. The first-order valence-electron chi connectivity index (χ1n) is 10.5. The summed E-state index contributed by atoms with van der Waals surface area (Å²) in [5.74, 6) is 0. The van der Waals surface area contributed by atoms with E-state index in [4.69, 9.17) is 0 Å². The van der Waals surface area contributed by atoms with Crippen molar-refractivity contribution < 1.29 is 0 Å². The van der Waals surface area contributed by atoms with Crippen LogP contribution in [0.5, 0.6) is 0 Å². The van der Waals surface area contributed by atoms with Gasteiger partial charge >= 0.3 is 0 Å². The van der Waals surface area contributed by atoms with Gasteiger partial charge in [-0.2, -0.15) is 0 Å². The lowest BCUT2D eigenvalue weighted by atomic mass is 10.0. The predicted octanol–water partition coefficient (Wildman–Crippen LogP) is 3.90. The van der Waals surface area contributed by atoms with Crippen LogP contribution in [-0.4, -0.2) is 42.6 Å². The SMILES string of the molecule is CCN1CCN(c2ccc(NCc3cc4ccc(C)c(C)c4[nH]c3=O)cc2)CC1. The molecule has 1 aliphatic rings. The Morgan fingerprint density at radius 2 is 1.72 bits per heavy atom. The van der Waals surface area contributed by atoms with Gasteiger partial charge in [0.05, 0.1) is 5.52 Å². The van der Waals surface area contributed by atoms with E-state index in [9.17, 15) is 4.79 Å². The summed E-state index contributed by atoms with van der Waals surface area (Å²) < 4.78 is 0. The second kappa shape index (κ2) is 8.29. The molecular weight excluding hydrogens is 360 g/mol. The number of piperazine rings is 1. The first-order valence-corrected chi connectivity index (χ1v) is 10.5. The molecule has 3 aromatic rings. The maximum atomic E-state index is 12.5. The Morgan fingerprint density at radius 3 is 2.41 bits per heavy atom. The van der Waals surface area contributed by atoms with E-state index in [1.54, 1.807) is 0 Å². The van der Waals surface area contributed by atoms with E-state index in [0.29, 0.717) is 6.54 Å². The lowest BCUT2D eigenvalue weighted by Crippen LogP contribution is -2.46. The van der Waals surface area contributed by atoms with Crippen molar-refractivity contribution in [3.8, 4) is 0 Å². The van der Waals surface area contributed by atoms with E-state index >= 15 is 0 Å². The fraction of sp³-hybridized carbons (Fsp3) is 0.375. The summed E-state index contributed by atoms with van der Waals surface area (Å²) in [6, 6.07) is 14.7. The Labute approximate surface area is 172 Å². The Morgan fingerprint density at radius 1 is 1.00 bits per heavy atom. The van der Waals surface area contributed by atoms with Crippen molar-refractivity contribution in [2.24, 2.45) is 0 Å². The molecule has 0 spiro atoms. The largest absolute Gasteiger partial charge is 0.381 e. The summed E-state index contributed by atoms with van der Waals surface area (Å²) in [5, 5.41) is 4.47. The van der Waals surface area contributed by atoms with Gasteiger partial charge in [-0.15, -0.1) is 0 Å². The molecule has 1 aliphatic heterocycles. The van der Waals surface area contributed by atoms with Crippen molar-refractivity contribution >= 4 is 22.3 Å². The lowest BCUT2D eigenvalue weighted by molar-refractivity contribution is 0.271. The van der Waals surface area contributed by atoms with Crippen molar-refractivity contribution in [3.05, 3.63) is 69.5 Å². The van der Waals surface area contributed by atoms with Crippen LogP contribution in [0.3, 0.4) is 0 Å². The number of benzene rings is 2. The fourth-order valence-corrected chi connectivity index (χ4v) is 4.01. The van der Waals surface area contributed by atoms with Crippen LogP contribution in [0.4, 0.5) is 11.4 Å². The highest BCUT2D eigenvalue weighted by atomic mass is 16.1. The quantitative estimate of drug-likeness (QED) is 0.694. The van der Waals surface area contributed by atoms with Crippen LogP contribution in [0, 0.1) is 13.8 Å². The third-order valence-corrected chi connectivity index (χ3v) is 6.16.